The van der Waals surface area contributed by atoms with Crippen LogP contribution in [0.5, 0.6) is 0 Å². The van der Waals surface area contributed by atoms with Crippen molar-refractivity contribution >= 4 is 62.6 Å². The lowest BCUT2D eigenvalue weighted by Crippen LogP contribution is -2.23. The molecule has 6 aromatic carbocycles. The lowest BCUT2D eigenvalue weighted by atomic mass is 9.84. The number of benzene rings is 6. The van der Waals surface area contributed by atoms with E-state index >= 15 is 0 Å². The van der Waals surface area contributed by atoms with Crippen molar-refractivity contribution in [3.63, 3.8) is 0 Å². The molecule has 0 unspecified atom stereocenters. The molecule has 0 atom stereocenters. The van der Waals surface area contributed by atoms with Gasteiger partial charge in [-0.2, -0.15) is 0 Å². The second kappa shape index (κ2) is 18.9. The van der Waals surface area contributed by atoms with Crippen LogP contribution in [0.15, 0.2) is 170 Å². The van der Waals surface area contributed by atoms with Crippen LogP contribution < -0.4 is 10.4 Å². The molecule has 6 rings (SSSR count). The quantitative estimate of drug-likeness (QED) is 0.0973. The van der Waals surface area contributed by atoms with Gasteiger partial charge in [0, 0.05) is 0 Å². The van der Waals surface area contributed by atoms with Crippen molar-refractivity contribution in [3.8, 4) is 0 Å². The Balaban J connectivity index is 0.00000295. The van der Waals surface area contributed by atoms with Crippen molar-refractivity contribution in [3.05, 3.63) is 219 Å². The highest BCUT2D eigenvalue weighted by molar-refractivity contribution is 6.13. The predicted octanol–water partition coefficient (Wildman–Crippen LogP) is 14.7. The molecule has 0 saturated heterocycles. The molecule has 0 amide bonds. The summed E-state index contributed by atoms with van der Waals surface area (Å²) >= 11 is 0. The van der Waals surface area contributed by atoms with Crippen molar-refractivity contribution in [1.29, 1.82) is 0 Å². The van der Waals surface area contributed by atoms with E-state index in [2.05, 4.69) is 206 Å². The summed E-state index contributed by atoms with van der Waals surface area (Å²) in [6.45, 7) is 30.5. The van der Waals surface area contributed by atoms with E-state index in [4.69, 9.17) is 6.58 Å². The second-order valence-electron chi connectivity index (χ2n) is 14.3. The first-order valence-electron chi connectivity index (χ1n) is 19.7. The number of hydrogen-bond acceptors (Lipinski definition) is 0. The Morgan fingerprint density at radius 2 is 1.12 bits per heavy atom. The Hall–Kier alpha value is -6.24. The highest BCUT2D eigenvalue weighted by atomic mass is 14.2. The molecule has 0 radical (unpaired) electrons. The molecule has 0 heteroatoms. The van der Waals surface area contributed by atoms with E-state index in [0.717, 1.165) is 49.8 Å². The molecular weight excluding hydrogens is 673 g/mol. The summed E-state index contributed by atoms with van der Waals surface area (Å²) in [7, 11) is 0. The monoisotopic (exact) mass is 728 g/mol. The first-order chi connectivity index (χ1) is 27.1. The van der Waals surface area contributed by atoms with Crippen molar-refractivity contribution in [2.75, 3.05) is 0 Å². The third-order valence-electron chi connectivity index (χ3n) is 10.4. The fourth-order valence-corrected chi connectivity index (χ4v) is 7.31. The van der Waals surface area contributed by atoms with Gasteiger partial charge in [0.1, 0.15) is 0 Å². The summed E-state index contributed by atoms with van der Waals surface area (Å²) < 4.78 is 0. The third-order valence-corrected chi connectivity index (χ3v) is 10.4. The van der Waals surface area contributed by atoms with E-state index in [9.17, 15) is 0 Å². The molecule has 0 saturated carbocycles. The molecule has 0 aliphatic carbocycles. The lowest BCUT2D eigenvalue weighted by Gasteiger charge is -2.20. The standard InChI is InChI=1S/C54H50.C2H6/c1-10-42-20-12-14-22-44(42)32-37(5)47(29-28-36(3)4)48-30-31-49(41(9)40(48)8)53(38(6)33-45-23-15-13-21-43(45)11-2)34-39(7)54-35-46-24-16-17-25-50(46)51-26-18-19-27-52(51)54;1-2/h10-35H,2,5,7H2,1,3-4,6,8-9H3;1-2H3/b38-33+,42-10-,44-32-,47-29-,53-34-;. The topological polar surface area (TPSA) is 0 Å². The van der Waals surface area contributed by atoms with Crippen LogP contribution >= 0.6 is 0 Å². The van der Waals surface area contributed by atoms with E-state index in [1.807, 2.05) is 19.9 Å². The number of allylic oxidation sites excluding steroid dienone is 9. The summed E-state index contributed by atoms with van der Waals surface area (Å²) in [6.07, 6.45) is 15.2. The zero-order valence-electron chi connectivity index (χ0n) is 34.6. The van der Waals surface area contributed by atoms with Gasteiger partial charge in [-0.1, -0.05) is 179 Å². The number of rotatable bonds is 10. The van der Waals surface area contributed by atoms with Gasteiger partial charge in [0.2, 0.25) is 0 Å². The number of hydrogen-bond donors (Lipinski definition) is 0. The SMILES string of the molecule is C=Cc1ccccc1/C=C(C)/C(=C/C(=C)c1cc2ccccc2c2ccccc12)c1ccc(/C(=C\C=C(C)C)C(=C)/C=c2/cccc/c2=C/C)c(C)c1C.CC. The zero-order valence-corrected chi connectivity index (χ0v) is 34.6. The Labute approximate surface area is 336 Å². The minimum atomic E-state index is 0.969. The van der Waals surface area contributed by atoms with Crippen molar-refractivity contribution in [2.45, 2.75) is 55.4 Å². The Morgan fingerprint density at radius 3 is 1.77 bits per heavy atom. The molecule has 56 heavy (non-hydrogen) atoms. The van der Waals surface area contributed by atoms with Crippen LogP contribution in [-0.2, 0) is 0 Å². The van der Waals surface area contributed by atoms with E-state index in [-0.39, 0.29) is 0 Å². The second-order valence-corrected chi connectivity index (χ2v) is 14.3. The molecule has 6 aromatic rings. The smallest absolute Gasteiger partial charge is 0.00992 e. The van der Waals surface area contributed by atoms with Gasteiger partial charge in [-0.05, 0) is 159 Å². The van der Waals surface area contributed by atoms with Crippen LogP contribution in [0.4, 0.5) is 0 Å². The third kappa shape index (κ3) is 8.99. The van der Waals surface area contributed by atoms with Gasteiger partial charge in [0.25, 0.3) is 0 Å². The molecule has 0 aromatic heterocycles. The summed E-state index contributed by atoms with van der Waals surface area (Å²) in [4.78, 5) is 0. The van der Waals surface area contributed by atoms with Gasteiger partial charge in [-0.3, -0.25) is 0 Å². The minimum absolute atomic E-state index is 0.969. The molecule has 0 N–H and O–H groups in total. The van der Waals surface area contributed by atoms with E-state index in [1.165, 1.54) is 54.6 Å². The molecule has 0 heterocycles. The van der Waals surface area contributed by atoms with Crippen molar-refractivity contribution in [1.82, 2.24) is 0 Å². The molecule has 0 nitrogen and oxygen atoms in total. The average Bonchev–Trinajstić information content (AvgIpc) is 3.22. The van der Waals surface area contributed by atoms with Gasteiger partial charge in [0.05, 0.1) is 0 Å². The number of fused-ring (bicyclic) bond motifs is 3. The molecule has 280 valence electrons. The van der Waals surface area contributed by atoms with Gasteiger partial charge < -0.3 is 0 Å². The highest BCUT2D eigenvalue weighted by Crippen LogP contribution is 2.38. The van der Waals surface area contributed by atoms with Gasteiger partial charge in [0.15, 0.2) is 0 Å². The minimum Gasteiger partial charge on any atom is -0.0984 e. The normalized spacial score (nSPS) is 12.7. The molecule has 0 fully saturated rings. The summed E-state index contributed by atoms with van der Waals surface area (Å²) in [6, 6.07) is 41.0. The van der Waals surface area contributed by atoms with E-state index < -0.39 is 0 Å². The van der Waals surface area contributed by atoms with Crippen LogP contribution in [0, 0.1) is 13.8 Å². The van der Waals surface area contributed by atoms with E-state index in [0.29, 0.717) is 0 Å². The summed E-state index contributed by atoms with van der Waals surface area (Å²) in [5.41, 5.74) is 14.7. The van der Waals surface area contributed by atoms with Gasteiger partial charge in [-0.25, -0.2) is 0 Å². The zero-order chi connectivity index (χ0) is 40.4. The van der Waals surface area contributed by atoms with Gasteiger partial charge in [-0.15, -0.1) is 0 Å². The van der Waals surface area contributed by atoms with Crippen LogP contribution in [0.3, 0.4) is 0 Å². The Kier molecular flexibility index (Phi) is 13.8. The average molecular weight is 729 g/mol. The van der Waals surface area contributed by atoms with Crippen LogP contribution in [-0.4, -0.2) is 0 Å². The maximum Gasteiger partial charge on any atom is -0.00992 e. The Morgan fingerprint density at radius 1 is 0.571 bits per heavy atom. The van der Waals surface area contributed by atoms with Crippen molar-refractivity contribution in [2.24, 2.45) is 0 Å². The molecular formula is C56H56. The fourth-order valence-electron chi connectivity index (χ4n) is 7.31. The molecule has 0 aliphatic rings. The Bertz CT molecular complexity index is 2690. The summed E-state index contributed by atoms with van der Waals surface area (Å²) in [5, 5.41) is 7.24. The maximum absolute atomic E-state index is 4.73. The fraction of sp³-hybridized carbons (Fsp3) is 0.143. The van der Waals surface area contributed by atoms with Crippen LogP contribution in [0.25, 0.3) is 62.6 Å². The van der Waals surface area contributed by atoms with Crippen molar-refractivity contribution < 1.29 is 0 Å². The predicted molar refractivity (Wildman–Crippen MR) is 253 cm³/mol. The largest absolute Gasteiger partial charge is 0.0984 e. The first kappa shape index (κ1) is 40.9. The first-order valence-corrected chi connectivity index (χ1v) is 19.7. The highest BCUT2D eigenvalue weighted by Gasteiger charge is 2.17. The van der Waals surface area contributed by atoms with Gasteiger partial charge >= 0.3 is 0 Å². The molecule has 0 bridgehead atoms. The van der Waals surface area contributed by atoms with Crippen LogP contribution in [0.2, 0.25) is 0 Å². The molecule has 0 aliphatic heterocycles. The maximum atomic E-state index is 4.73. The van der Waals surface area contributed by atoms with Crippen LogP contribution in [0.1, 0.15) is 80.5 Å². The summed E-state index contributed by atoms with van der Waals surface area (Å²) in [5.74, 6) is 0. The molecule has 0 spiro atoms. The lowest BCUT2D eigenvalue weighted by molar-refractivity contribution is 1.28. The van der Waals surface area contributed by atoms with E-state index in [1.54, 1.807) is 0 Å².